The summed E-state index contributed by atoms with van der Waals surface area (Å²) in [5, 5.41) is 3.28. The van der Waals surface area contributed by atoms with Crippen LogP contribution in [0.3, 0.4) is 0 Å². The van der Waals surface area contributed by atoms with E-state index in [2.05, 4.69) is 28.5 Å². The predicted molar refractivity (Wildman–Crippen MR) is 104 cm³/mol. The standard InChI is InChI=1S/C17H27N3O.HI/c1-21-13-6-2-5-12-19-17(18)20-16-11-7-9-14-8-3-4-10-15(14)16;/h7,9,11H,2-6,8,10,12-13H2,1H3,(H3,18,19,20);1H. The third-order valence-corrected chi connectivity index (χ3v) is 3.95. The van der Waals surface area contributed by atoms with E-state index in [0.717, 1.165) is 44.5 Å². The summed E-state index contributed by atoms with van der Waals surface area (Å²) in [5.74, 6) is 0.528. The number of guanidine groups is 1. The highest BCUT2D eigenvalue weighted by Gasteiger charge is 2.12. The molecular formula is C17H28IN3O. The summed E-state index contributed by atoms with van der Waals surface area (Å²) in [6.45, 7) is 1.60. The van der Waals surface area contributed by atoms with Gasteiger partial charge in [0.25, 0.3) is 0 Å². The van der Waals surface area contributed by atoms with Crippen LogP contribution < -0.4 is 11.1 Å². The highest BCUT2D eigenvalue weighted by atomic mass is 127. The van der Waals surface area contributed by atoms with Crippen molar-refractivity contribution in [2.45, 2.75) is 44.9 Å². The molecule has 1 aliphatic carbocycles. The van der Waals surface area contributed by atoms with Gasteiger partial charge in [0.15, 0.2) is 5.96 Å². The van der Waals surface area contributed by atoms with Crippen LogP contribution in [-0.4, -0.2) is 26.2 Å². The Hall–Kier alpha value is -0.820. The molecule has 2 rings (SSSR count). The molecule has 5 heteroatoms. The van der Waals surface area contributed by atoms with Crippen LogP contribution in [0.15, 0.2) is 23.2 Å². The van der Waals surface area contributed by atoms with Crippen LogP contribution in [0.1, 0.15) is 43.2 Å². The van der Waals surface area contributed by atoms with E-state index in [9.17, 15) is 0 Å². The van der Waals surface area contributed by atoms with Crippen molar-refractivity contribution in [3.8, 4) is 0 Å². The van der Waals surface area contributed by atoms with Crippen molar-refractivity contribution < 1.29 is 4.74 Å². The van der Waals surface area contributed by atoms with Gasteiger partial charge in [-0.05, 0) is 62.1 Å². The molecule has 1 aliphatic rings. The molecule has 0 bridgehead atoms. The smallest absolute Gasteiger partial charge is 0.193 e. The van der Waals surface area contributed by atoms with Gasteiger partial charge >= 0.3 is 0 Å². The number of hydrogen-bond donors (Lipinski definition) is 2. The first-order valence-electron chi connectivity index (χ1n) is 7.98. The number of nitrogens with zero attached hydrogens (tertiary/aromatic N) is 1. The number of ether oxygens (including phenoxy) is 1. The van der Waals surface area contributed by atoms with Gasteiger partial charge in [0.2, 0.25) is 0 Å². The lowest BCUT2D eigenvalue weighted by Gasteiger charge is -2.19. The van der Waals surface area contributed by atoms with Crippen LogP contribution in [-0.2, 0) is 17.6 Å². The third-order valence-electron chi connectivity index (χ3n) is 3.95. The normalized spacial score (nSPS) is 14.1. The van der Waals surface area contributed by atoms with Gasteiger partial charge in [-0.2, -0.15) is 0 Å². The number of halogens is 1. The van der Waals surface area contributed by atoms with Crippen molar-refractivity contribution >= 4 is 35.6 Å². The van der Waals surface area contributed by atoms with E-state index < -0.39 is 0 Å². The summed E-state index contributed by atoms with van der Waals surface area (Å²) in [6.07, 6.45) is 8.16. The molecule has 0 saturated heterocycles. The van der Waals surface area contributed by atoms with Gasteiger partial charge in [-0.1, -0.05) is 12.1 Å². The van der Waals surface area contributed by atoms with Crippen molar-refractivity contribution in [1.82, 2.24) is 0 Å². The minimum absolute atomic E-state index is 0. The topological polar surface area (TPSA) is 59.6 Å². The zero-order valence-corrected chi connectivity index (χ0v) is 15.8. The second-order valence-electron chi connectivity index (χ2n) is 5.60. The Morgan fingerprint density at radius 1 is 1.23 bits per heavy atom. The lowest BCUT2D eigenvalue weighted by molar-refractivity contribution is 0.192. The largest absolute Gasteiger partial charge is 0.385 e. The van der Waals surface area contributed by atoms with Crippen LogP contribution >= 0.6 is 24.0 Å². The number of methoxy groups -OCH3 is 1. The molecule has 0 atom stereocenters. The van der Waals surface area contributed by atoms with Gasteiger partial charge < -0.3 is 15.8 Å². The Morgan fingerprint density at radius 2 is 2.05 bits per heavy atom. The molecule has 0 radical (unpaired) electrons. The number of anilines is 1. The summed E-state index contributed by atoms with van der Waals surface area (Å²) in [4.78, 5) is 4.41. The highest BCUT2D eigenvalue weighted by molar-refractivity contribution is 14.0. The first kappa shape index (κ1) is 19.2. The fourth-order valence-electron chi connectivity index (χ4n) is 2.81. The van der Waals surface area contributed by atoms with Gasteiger partial charge in [-0.3, -0.25) is 4.99 Å². The SMILES string of the molecule is COCCCCCN=C(N)Nc1cccc2c1CCCC2.I. The zero-order chi connectivity index (χ0) is 14.9. The first-order valence-corrected chi connectivity index (χ1v) is 7.98. The van der Waals surface area contributed by atoms with Crippen LogP contribution in [0, 0.1) is 0 Å². The predicted octanol–water partition coefficient (Wildman–Crippen LogP) is 3.73. The first-order chi connectivity index (χ1) is 10.3. The molecule has 0 spiro atoms. The minimum atomic E-state index is 0. The van der Waals surface area contributed by atoms with Gasteiger partial charge in [0.1, 0.15) is 0 Å². The van der Waals surface area contributed by atoms with E-state index in [4.69, 9.17) is 10.5 Å². The minimum Gasteiger partial charge on any atom is -0.385 e. The van der Waals surface area contributed by atoms with Crippen molar-refractivity contribution in [2.75, 3.05) is 25.6 Å². The molecule has 22 heavy (non-hydrogen) atoms. The molecule has 0 amide bonds. The van der Waals surface area contributed by atoms with E-state index in [1.165, 1.54) is 30.4 Å². The summed E-state index contributed by atoms with van der Waals surface area (Å²) < 4.78 is 5.03. The Labute approximate surface area is 150 Å². The Bertz CT molecular complexity index is 477. The molecule has 1 aromatic carbocycles. The van der Waals surface area contributed by atoms with E-state index >= 15 is 0 Å². The summed E-state index contributed by atoms with van der Waals surface area (Å²) >= 11 is 0. The molecular weight excluding hydrogens is 389 g/mol. The molecule has 124 valence electrons. The maximum Gasteiger partial charge on any atom is 0.193 e. The van der Waals surface area contributed by atoms with Crippen LogP contribution in [0.4, 0.5) is 5.69 Å². The average Bonchev–Trinajstić information content (AvgIpc) is 2.51. The molecule has 1 aromatic rings. The molecule has 4 nitrogen and oxygen atoms in total. The van der Waals surface area contributed by atoms with Crippen molar-refractivity contribution in [2.24, 2.45) is 10.7 Å². The number of rotatable bonds is 7. The average molecular weight is 417 g/mol. The Kier molecular flexibility index (Phi) is 9.47. The van der Waals surface area contributed by atoms with Gasteiger partial charge in [-0.15, -0.1) is 24.0 Å². The second-order valence-corrected chi connectivity index (χ2v) is 5.60. The van der Waals surface area contributed by atoms with Crippen LogP contribution in [0.5, 0.6) is 0 Å². The monoisotopic (exact) mass is 417 g/mol. The molecule has 0 aromatic heterocycles. The Morgan fingerprint density at radius 3 is 2.86 bits per heavy atom. The molecule has 0 fully saturated rings. The fraction of sp³-hybridized carbons (Fsp3) is 0.588. The second kappa shape index (κ2) is 10.8. The van der Waals surface area contributed by atoms with Gasteiger partial charge in [-0.25, -0.2) is 0 Å². The lowest BCUT2D eigenvalue weighted by atomic mass is 9.90. The third kappa shape index (κ3) is 6.12. The summed E-state index contributed by atoms with van der Waals surface area (Å²) in [5.41, 5.74) is 10.0. The van der Waals surface area contributed by atoms with E-state index in [-0.39, 0.29) is 24.0 Å². The van der Waals surface area contributed by atoms with Crippen molar-refractivity contribution in [3.05, 3.63) is 29.3 Å². The van der Waals surface area contributed by atoms with Crippen LogP contribution in [0.2, 0.25) is 0 Å². The molecule has 0 heterocycles. The quantitative estimate of drug-likeness (QED) is 0.308. The number of hydrogen-bond acceptors (Lipinski definition) is 2. The number of benzene rings is 1. The zero-order valence-electron chi connectivity index (χ0n) is 13.4. The summed E-state index contributed by atoms with van der Waals surface area (Å²) in [7, 11) is 1.74. The number of aryl methyl sites for hydroxylation is 1. The fourth-order valence-corrected chi connectivity index (χ4v) is 2.81. The Balaban J connectivity index is 0.00000242. The van der Waals surface area contributed by atoms with Crippen LogP contribution in [0.25, 0.3) is 0 Å². The number of fused-ring (bicyclic) bond motifs is 1. The summed E-state index contributed by atoms with van der Waals surface area (Å²) in [6, 6.07) is 6.43. The van der Waals surface area contributed by atoms with E-state index in [1.54, 1.807) is 7.11 Å². The van der Waals surface area contributed by atoms with E-state index in [1.807, 2.05) is 0 Å². The molecule has 0 aliphatic heterocycles. The van der Waals surface area contributed by atoms with Gasteiger partial charge in [0.05, 0.1) is 0 Å². The number of nitrogens with one attached hydrogen (secondary N) is 1. The van der Waals surface area contributed by atoms with Gasteiger partial charge in [0, 0.05) is 25.9 Å². The van der Waals surface area contributed by atoms with Crippen molar-refractivity contribution in [3.63, 3.8) is 0 Å². The maximum absolute atomic E-state index is 5.99. The molecule has 3 N–H and O–H groups in total. The highest BCUT2D eigenvalue weighted by Crippen LogP contribution is 2.27. The molecule has 0 unspecified atom stereocenters. The lowest BCUT2D eigenvalue weighted by Crippen LogP contribution is -2.24. The molecule has 0 saturated carbocycles. The number of aliphatic imine (C=N–C) groups is 1. The van der Waals surface area contributed by atoms with E-state index in [0.29, 0.717) is 5.96 Å². The number of unbranched alkanes of at least 4 members (excludes halogenated alkanes) is 2. The number of nitrogens with two attached hydrogens (primary N) is 1. The maximum atomic E-state index is 5.99. The van der Waals surface area contributed by atoms with Crippen molar-refractivity contribution in [1.29, 1.82) is 0 Å².